The van der Waals surface area contributed by atoms with Crippen molar-refractivity contribution in [3.05, 3.63) is 17.5 Å². The summed E-state index contributed by atoms with van der Waals surface area (Å²) in [5.41, 5.74) is 7.36. The topological polar surface area (TPSA) is 59.1 Å². The van der Waals surface area contributed by atoms with Crippen molar-refractivity contribution in [2.75, 3.05) is 5.73 Å². The zero-order chi connectivity index (χ0) is 8.43. The van der Waals surface area contributed by atoms with Gasteiger partial charge < -0.3 is 10.8 Å². The Morgan fingerprint density at radius 2 is 2.36 bits per heavy atom. The molecule has 0 aliphatic carbocycles. The van der Waals surface area contributed by atoms with E-state index < -0.39 is 0 Å². The van der Waals surface area contributed by atoms with Crippen LogP contribution in [0.4, 0.5) is 5.69 Å². The van der Waals surface area contributed by atoms with Crippen LogP contribution < -0.4 is 5.73 Å². The second-order valence-corrected chi connectivity index (χ2v) is 2.83. The van der Waals surface area contributed by atoms with Gasteiger partial charge in [-0.3, -0.25) is 4.98 Å². The second kappa shape index (κ2) is 3.09. The van der Waals surface area contributed by atoms with Gasteiger partial charge in [0.05, 0.1) is 11.4 Å². The van der Waals surface area contributed by atoms with Gasteiger partial charge in [0, 0.05) is 17.1 Å². The van der Waals surface area contributed by atoms with Crippen LogP contribution in [-0.2, 0) is 5.33 Å². The Balaban J connectivity index is 3.25. The molecule has 0 aliphatic heterocycles. The Kier molecular flexibility index (Phi) is 2.34. The molecule has 11 heavy (non-hydrogen) atoms. The van der Waals surface area contributed by atoms with Gasteiger partial charge in [0.25, 0.3) is 0 Å². The average Bonchev–Trinajstić information content (AvgIpc) is 2.01. The quantitative estimate of drug-likeness (QED) is 0.702. The maximum Gasteiger partial charge on any atom is 0.160 e. The lowest BCUT2D eigenvalue weighted by Gasteiger charge is -2.05. The van der Waals surface area contributed by atoms with Crippen LogP contribution in [0.2, 0.25) is 0 Å². The van der Waals surface area contributed by atoms with Gasteiger partial charge in [-0.1, -0.05) is 15.9 Å². The minimum atomic E-state index is 0.0851. The predicted octanol–water partition coefficient (Wildman–Crippen LogP) is 1.57. The molecule has 0 atom stereocenters. The standard InChI is InChI=1S/C7H9BrN2O/c1-4-7(11)6(9)5(2-8)3-10-4/h3,11H,2H2,1H3,(H2,9,10). The first-order chi connectivity index (χ1) is 5.16. The number of aryl methyl sites for hydroxylation is 1. The lowest BCUT2D eigenvalue weighted by molar-refractivity contribution is 0.470. The first-order valence-corrected chi connectivity index (χ1v) is 4.28. The third kappa shape index (κ3) is 1.45. The third-order valence-corrected chi connectivity index (χ3v) is 2.11. The number of nitrogens with two attached hydrogens (primary N) is 1. The van der Waals surface area contributed by atoms with Crippen LogP contribution in [0.15, 0.2) is 6.20 Å². The Hall–Kier alpha value is -0.770. The number of nitrogen functional groups attached to an aromatic ring is 1. The first kappa shape index (κ1) is 8.33. The normalized spacial score (nSPS) is 10.0. The Morgan fingerprint density at radius 1 is 1.73 bits per heavy atom. The number of nitrogens with zero attached hydrogens (tertiary/aromatic N) is 1. The molecule has 0 aromatic carbocycles. The molecule has 4 heteroatoms. The van der Waals surface area contributed by atoms with Crippen LogP contribution in [0.25, 0.3) is 0 Å². The fourth-order valence-electron chi connectivity index (χ4n) is 0.759. The molecular weight excluding hydrogens is 208 g/mol. The fraction of sp³-hybridized carbons (Fsp3) is 0.286. The van der Waals surface area contributed by atoms with Crippen molar-refractivity contribution in [2.45, 2.75) is 12.3 Å². The lowest BCUT2D eigenvalue weighted by atomic mass is 10.2. The van der Waals surface area contributed by atoms with Crippen molar-refractivity contribution in [2.24, 2.45) is 0 Å². The second-order valence-electron chi connectivity index (χ2n) is 2.26. The van der Waals surface area contributed by atoms with E-state index in [-0.39, 0.29) is 5.75 Å². The number of hydrogen-bond acceptors (Lipinski definition) is 3. The summed E-state index contributed by atoms with van der Waals surface area (Å²) in [5, 5.41) is 9.92. The zero-order valence-electron chi connectivity index (χ0n) is 6.13. The van der Waals surface area contributed by atoms with Gasteiger partial charge >= 0.3 is 0 Å². The van der Waals surface area contributed by atoms with Crippen molar-refractivity contribution in [3.63, 3.8) is 0 Å². The molecule has 3 nitrogen and oxygen atoms in total. The monoisotopic (exact) mass is 216 g/mol. The number of anilines is 1. The molecule has 1 heterocycles. The maximum absolute atomic E-state index is 9.31. The van der Waals surface area contributed by atoms with Gasteiger partial charge in [0.1, 0.15) is 0 Å². The first-order valence-electron chi connectivity index (χ1n) is 3.15. The highest BCUT2D eigenvalue weighted by Gasteiger charge is 2.05. The molecular formula is C7H9BrN2O. The maximum atomic E-state index is 9.31. The Bertz CT molecular complexity index is 275. The van der Waals surface area contributed by atoms with E-state index in [4.69, 9.17) is 5.73 Å². The minimum absolute atomic E-state index is 0.0851. The smallest absolute Gasteiger partial charge is 0.160 e. The van der Waals surface area contributed by atoms with Crippen LogP contribution in [0.5, 0.6) is 5.75 Å². The van der Waals surface area contributed by atoms with E-state index in [0.717, 1.165) is 5.56 Å². The highest BCUT2D eigenvalue weighted by atomic mass is 79.9. The average molecular weight is 217 g/mol. The van der Waals surface area contributed by atoms with Crippen LogP contribution in [0, 0.1) is 6.92 Å². The third-order valence-electron chi connectivity index (χ3n) is 1.50. The summed E-state index contributed by atoms with van der Waals surface area (Å²) in [6, 6.07) is 0. The molecule has 0 spiro atoms. The molecule has 0 amide bonds. The number of alkyl halides is 1. The van der Waals surface area contributed by atoms with Crippen LogP contribution in [0.3, 0.4) is 0 Å². The van der Waals surface area contributed by atoms with E-state index in [9.17, 15) is 5.11 Å². The number of hydrogen-bond donors (Lipinski definition) is 2. The number of rotatable bonds is 1. The lowest BCUT2D eigenvalue weighted by Crippen LogP contribution is -1.95. The van der Waals surface area contributed by atoms with Crippen molar-refractivity contribution < 1.29 is 5.11 Å². The largest absolute Gasteiger partial charge is 0.504 e. The van der Waals surface area contributed by atoms with E-state index >= 15 is 0 Å². The molecule has 1 rings (SSSR count). The molecule has 1 aromatic rings. The Morgan fingerprint density at radius 3 is 2.91 bits per heavy atom. The SMILES string of the molecule is Cc1ncc(CBr)c(N)c1O. The van der Waals surface area contributed by atoms with E-state index in [0.29, 0.717) is 16.7 Å². The minimum Gasteiger partial charge on any atom is -0.504 e. The molecule has 0 radical (unpaired) electrons. The van der Waals surface area contributed by atoms with Crippen molar-refractivity contribution in [1.29, 1.82) is 0 Å². The number of aromatic hydroxyl groups is 1. The highest BCUT2D eigenvalue weighted by molar-refractivity contribution is 9.08. The summed E-state index contributed by atoms with van der Waals surface area (Å²) in [5.74, 6) is 0.0851. The molecule has 0 fully saturated rings. The summed E-state index contributed by atoms with van der Waals surface area (Å²) in [6.45, 7) is 1.71. The molecule has 0 bridgehead atoms. The summed E-state index contributed by atoms with van der Waals surface area (Å²) in [7, 11) is 0. The number of pyridine rings is 1. The van der Waals surface area contributed by atoms with Gasteiger partial charge in [0.15, 0.2) is 5.75 Å². The van der Waals surface area contributed by atoms with Gasteiger partial charge in [-0.2, -0.15) is 0 Å². The van der Waals surface area contributed by atoms with Gasteiger partial charge in [0.2, 0.25) is 0 Å². The Labute approximate surface area is 73.4 Å². The van der Waals surface area contributed by atoms with E-state index in [1.807, 2.05) is 0 Å². The summed E-state index contributed by atoms with van der Waals surface area (Å²) in [4.78, 5) is 3.95. The van der Waals surface area contributed by atoms with Crippen molar-refractivity contribution in [3.8, 4) is 5.75 Å². The molecule has 0 saturated carbocycles. The van der Waals surface area contributed by atoms with Crippen molar-refractivity contribution in [1.82, 2.24) is 4.98 Å². The summed E-state index contributed by atoms with van der Waals surface area (Å²) in [6.07, 6.45) is 1.65. The van der Waals surface area contributed by atoms with E-state index in [2.05, 4.69) is 20.9 Å². The molecule has 0 aliphatic rings. The highest BCUT2D eigenvalue weighted by Crippen LogP contribution is 2.26. The van der Waals surface area contributed by atoms with Crippen LogP contribution in [0.1, 0.15) is 11.3 Å². The predicted molar refractivity (Wildman–Crippen MR) is 47.7 cm³/mol. The van der Waals surface area contributed by atoms with E-state index in [1.165, 1.54) is 0 Å². The molecule has 0 unspecified atom stereocenters. The fourth-order valence-corrected chi connectivity index (χ4v) is 1.21. The van der Waals surface area contributed by atoms with Crippen LogP contribution in [-0.4, -0.2) is 10.1 Å². The zero-order valence-corrected chi connectivity index (χ0v) is 7.72. The number of aromatic nitrogens is 1. The van der Waals surface area contributed by atoms with Gasteiger partial charge in [-0.15, -0.1) is 0 Å². The van der Waals surface area contributed by atoms with Gasteiger partial charge in [-0.25, -0.2) is 0 Å². The molecule has 0 saturated heterocycles. The summed E-state index contributed by atoms with van der Waals surface area (Å²) >= 11 is 3.24. The molecule has 1 aromatic heterocycles. The van der Waals surface area contributed by atoms with Crippen LogP contribution >= 0.6 is 15.9 Å². The number of halogens is 1. The van der Waals surface area contributed by atoms with Gasteiger partial charge in [-0.05, 0) is 6.92 Å². The van der Waals surface area contributed by atoms with Crippen molar-refractivity contribution >= 4 is 21.6 Å². The van der Waals surface area contributed by atoms with E-state index in [1.54, 1.807) is 13.1 Å². The molecule has 60 valence electrons. The summed E-state index contributed by atoms with van der Waals surface area (Å²) < 4.78 is 0. The molecule has 3 N–H and O–H groups in total.